The molecule has 1 aliphatic carbocycles. The molecule has 2 rings (SSSR count). The molecule has 0 aromatic heterocycles. The lowest BCUT2D eigenvalue weighted by molar-refractivity contribution is 0.317. The van der Waals surface area contributed by atoms with Crippen LogP contribution in [0, 0.1) is 5.92 Å². The van der Waals surface area contributed by atoms with Crippen LogP contribution < -0.4 is 5.73 Å². The SMILES string of the molecule is NC(CS(=O)(=O)c1ccccc1Br)C1CCCCC1. The summed E-state index contributed by atoms with van der Waals surface area (Å²) < 4.78 is 25.4. The minimum Gasteiger partial charge on any atom is -0.327 e. The van der Waals surface area contributed by atoms with Crippen molar-refractivity contribution in [2.45, 2.75) is 43.0 Å². The molecule has 0 radical (unpaired) electrons. The van der Waals surface area contributed by atoms with Crippen LogP contribution in [-0.4, -0.2) is 20.2 Å². The maximum absolute atomic E-state index is 12.4. The Hall–Kier alpha value is -0.390. The molecule has 0 spiro atoms. The number of halogens is 1. The highest BCUT2D eigenvalue weighted by atomic mass is 79.9. The molecular weight excluding hydrogens is 326 g/mol. The highest BCUT2D eigenvalue weighted by Gasteiger charge is 2.27. The Labute approximate surface area is 123 Å². The number of nitrogens with two attached hydrogens (primary N) is 1. The summed E-state index contributed by atoms with van der Waals surface area (Å²) in [4.78, 5) is 0.348. The molecule has 1 atom stereocenters. The Bertz CT molecular complexity index is 524. The van der Waals surface area contributed by atoms with E-state index in [1.807, 2.05) is 6.07 Å². The zero-order valence-corrected chi connectivity index (χ0v) is 13.3. The van der Waals surface area contributed by atoms with Crippen LogP contribution in [0.15, 0.2) is 33.6 Å². The summed E-state index contributed by atoms with van der Waals surface area (Å²) >= 11 is 3.30. The van der Waals surface area contributed by atoms with Crippen molar-refractivity contribution in [3.63, 3.8) is 0 Å². The van der Waals surface area contributed by atoms with Crippen molar-refractivity contribution >= 4 is 25.8 Å². The quantitative estimate of drug-likeness (QED) is 0.911. The average Bonchev–Trinajstić information content (AvgIpc) is 2.39. The van der Waals surface area contributed by atoms with Gasteiger partial charge in [-0.15, -0.1) is 0 Å². The first-order valence-corrected chi connectivity index (χ1v) is 9.18. The van der Waals surface area contributed by atoms with Crippen LogP contribution in [0.4, 0.5) is 0 Å². The second-order valence-electron chi connectivity index (χ2n) is 5.27. The van der Waals surface area contributed by atoms with Crippen molar-refractivity contribution in [1.82, 2.24) is 0 Å². The van der Waals surface area contributed by atoms with Gasteiger partial charge in [0.25, 0.3) is 0 Å². The molecule has 19 heavy (non-hydrogen) atoms. The van der Waals surface area contributed by atoms with Crippen molar-refractivity contribution in [2.75, 3.05) is 5.75 Å². The minimum atomic E-state index is -3.31. The van der Waals surface area contributed by atoms with Gasteiger partial charge in [0.1, 0.15) is 0 Å². The van der Waals surface area contributed by atoms with E-state index < -0.39 is 9.84 Å². The Balaban J connectivity index is 2.11. The molecule has 1 unspecified atom stereocenters. The van der Waals surface area contributed by atoms with Crippen LogP contribution in [0.5, 0.6) is 0 Å². The molecule has 2 N–H and O–H groups in total. The summed E-state index contributed by atoms with van der Waals surface area (Å²) in [5.41, 5.74) is 6.13. The normalized spacial score (nSPS) is 19.3. The predicted octanol–water partition coefficient (Wildman–Crippen LogP) is 3.13. The Morgan fingerprint density at radius 2 is 1.84 bits per heavy atom. The smallest absolute Gasteiger partial charge is 0.181 e. The summed E-state index contributed by atoms with van der Waals surface area (Å²) in [6.45, 7) is 0. The molecule has 1 saturated carbocycles. The topological polar surface area (TPSA) is 60.2 Å². The van der Waals surface area contributed by atoms with Gasteiger partial charge in [-0.2, -0.15) is 0 Å². The van der Waals surface area contributed by atoms with E-state index in [1.165, 1.54) is 19.3 Å². The van der Waals surface area contributed by atoms with E-state index >= 15 is 0 Å². The second kappa shape index (κ2) is 6.37. The molecule has 0 saturated heterocycles. The van der Waals surface area contributed by atoms with E-state index in [0.29, 0.717) is 15.3 Å². The molecule has 1 aliphatic rings. The lowest BCUT2D eigenvalue weighted by Gasteiger charge is -2.27. The molecule has 106 valence electrons. The van der Waals surface area contributed by atoms with E-state index in [0.717, 1.165) is 12.8 Å². The maximum Gasteiger partial charge on any atom is 0.181 e. The van der Waals surface area contributed by atoms with E-state index in [9.17, 15) is 8.42 Å². The van der Waals surface area contributed by atoms with Gasteiger partial charge in [-0.1, -0.05) is 31.4 Å². The van der Waals surface area contributed by atoms with Gasteiger partial charge >= 0.3 is 0 Å². The highest BCUT2D eigenvalue weighted by Crippen LogP contribution is 2.28. The van der Waals surface area contributed by atoms with Crippen molar-refractivity contribution in [1.29, 1.82) is 0 Å². The van der Waals surface area contributed by atoms with Crippen LogP contribution in [0.1, 0.15) is 32.1 Å². The summed E-state index contributed by atoms with van der Waals surface area (Å²) in [5, 5.41) is 0. The fourth-order valence-electron chi connectivity index (χ4n) is 2.74. The van der Waals surface area contributed by atoms with Gasteiger partial charge in [0.2, 0.25) is 0 Å². The third-order valence-corrected chi connectivity index (χ3v) is 6.64. The average molecular weight is 346 g/mol. The van der Waals surface area contributed by atoms with Crippen LogP contribution in [0.25, 0.3) is 0 Å². The summed E-state index contributed by atoms with van der Waals surface area (Å²) in [6.07, 6.45) is 5.72. The van der Waals surface area contributed by atoms with Gasteiger partial charge in [-0.25, -0.2) is 8.42 Å². The van der Waals surface area contributed by atoms with E-state index in [-0.39, 0.29) is 11.8 Å². The summed E-state index contributed by atoms with van der Waals surface area (Å²) in [7, 11) is -3.31. The first kappa shape index (κ1) is 15.0. The van der Waals surface area contributed by atoms with E-state index in [2.05, 4.69) is 15.9 Å². The molecule has 3 nitrogen and oxygen atoms in total. The predicted molar refractivity (Wildman–Crippen MR) is 80.7 cm³/mol. The van der Waals surface area contributed by atoms with Crippen LogP contribution in [0.3, 0.4) is 0 Å². The molecule has 1 aromatic rings. The number of sulfone groups is 1. The standard InChI is InChI=1S/C14H20BrNO2S/c15-12-8-4-5-9-14(12)19(17,18)10-13(16)11-6-2-1-3-7-11/h4-5,8-9,11,13H,1-3,6-7,10,16H2. The third kappa shape index (κ3) is 3.80. The van der Waals surface area contributed by atoms with Crippen molar-refractivity contribution < 1.29 is 8.42 Å². The van der Waals surface area contributed by atoms with Crippen LogP contribution in [-0.2, 0) is 9.84 Å². The van der Waals surface area contributed by atoms with Gasteiger partial charge in [-0.05, 0) is 46.8 Å². The fourth-order valence-corrected chi connectivity index (χ4v) is 5.37. The van der Waals surface area contributed by atoms with E-state index in [4.69, 9.17) is 5.73 Å². The number of hydrogen-bond acceptors (Lipinski definition) is 3. The summed E-state index contributed by atoms with van der Waals surface area (Å²) in [5.74, 6) is 0.395. The number of hydrogen-bond donors (Lipinski definition) is 1. The zero-order chi connectivity index (χ0) is 13.9. The summed E-state index contributed by atoms with van der Waals surface area (Å²) in [6, 6.07) is 6.68. The largest absolute Gasteiger partial charge is 0.327 e. The van der Waals surface area contributed by atoms with Gasteiger partial charge < -0.3 is 5.73 Å². The lowest BCUT2D eigenvalue weighted by atomic mass is 9.85. The molecule has 1 fully saturated rings. The minimum absolute atomic E-state index is 0.0419. The lowest BCUT2D eigenvalue weighted by Crippen LogP contribution is -2.38. The number of rotatable bonds is 4. The molecule has 0 heterocycles. The molecule has 5 heteroatoms. The zero-order valence-electron chi connectivity index (χ0n) is 10.9. The fraction of sp³-hybridized carbons (Fsp3) is 0.571. The Kier molecular flexibility index (Phi) is 5.03. The highest BCUT2D eigenvalue weighted by molar-refractivity contribution is 9.10. The second-order valence-corrected chi connectivity index (χ2v) is 8.13. The Morgan fingerprint density at radius 1 is 1.21 bits per heavy atom. The number of benzene rings is 1. The van der Waals surface area contributed by atoms with Gasteiger partial charge in [0, 0.05) is 10.5 Å². The maximum atomic E-state index is 12.4. The molecular formula is C14H20BrNO2S. The third-order valence-electron chi connectivity index (χ3n) is 3.84. The van der Waals surface area contributed by atoms with Crippen LogP contribution in [0.2, 0.25) is 0 Å². The molecule has 1 aromatic carbocycles. The van der Waals surface area contributed by atoms with Crippen molar-refractivity contribution in [2.24, 2.45) is 11.7 Å². The Morgan fingerprint density at radius 3 is 2.47 bits per heavy atom. The molecule has 0 aliphatic heterocycles. The first-order chi connectivity index (χ1) is 9.00. The van der Waals surface area contributed by atoms with E-state index in [1.54, 1.807) is 18.2 Å². The first-order valence-electron chi connectivity index (χ1n) is 6.73. The molecule has 0 amide bonds. The molecule has 0 bridgehead atoms. The van der Waals surface area contributed by atoms with Gasteiger partial charge in [-0.3, -0.25) is 0 Å². The monoisotopic (exact) mass is 345 g/mol. The van der Waals surface area contributed by atoms with Gasteiger partial charge in [0.05, 0.1) is 10.6 Å². The van der Waals surface area contributed by atoms with Crippen LogP contribution >= 0.6 is 15.9 Å². The van der Waals surface area contributed by atoms with Gasteiger partial charge in [0.15, 0.2) is 9.84 Å². The van der Waals surface area contributed by atoms with Crippen molar-refractivity contribution in [3.8, 4) is 0 Å². The van der Waals surface area contributed by atoms with Crippen molar-refractivity contribution in [3.05, 3.63) is 28.7 Å².